The molecule has 5 nitrogen and oxygen atoms in total. The van der Waals surface area contributed by atoms with Gasteiger partial charge in [0.2, 0.25) is 0 Å². The summed E-state index contributed by atoms with van der Waals surface area (Å²) in [4.78, 5) is 0. The third-order valence-corrected chi connectivity index (χ3v) is 9.65. The van der Waals surface area contributed by atoms with Crippen molar-refractivity contribution in [3.05, 3.63) is 168 Å². The van der Waals surface area contributed by atoms with Gasteiger partial charge < -0.3 is 9.13 Å². The number of para-hydroxylation sites is 3. The van der Waals surface area contributed by atoms with Crippen LogP contribution in [0.4, 0.5) is 0 Å². The first-order valence-corrected chi connectivity index (χ1v) is 16.3. The SMILES string of the molecule is N#Cc1ccc2c(c1)c1ccccc1n2-c1ccc(-c2c(C#N)cccc2-c2c(C#N)cccc2-n2c3ccccc3c3ccccc32)cc1. The van der Waals surface area contributed by atoms with Gasteiger partial charge in [0.25, 0.3) is 0 Å². The van der Waals surface area contributed by atoms with Crippen molar-refractivity contribution in [2.24, 2.45) is 0 Å². The van der Waals surface area contributed by atoms with Gasteiger partial charge in [-0.25, -0.2) is 0 Å². The van der Waals surface area contributed by atoms with Crippen LogP contribution in [0.25, 0.3) is 77.2 Å². The summed E-state index contributed by atoms with van der Waals surface area (Å²) >= 11 is 0. The molecule has 0 unspecified atom stereocenters. The van der Waals surface area contributed by atoms with Gasteiger partial charge in [0.1, 0.15) is 0 Å². The first-order chi connectivity index (χ1) is 24.7. The first-order valence-electron chi connectivity index (χ1n) is 16.3. The lowest BCUT2D eigenvalue weighted by atomic mass is 9.88. The van der Waals surface area contributed by atoms with Crippen molar-refractivity contribution in [1.82, 2.24) is 9.13 Å². The van der Waals surface area contributed by atoms with E-state index in [-0.39, 0.29) is 0 Å². The van der Waals surface area contributed by atoms with Crippen LogP contribution in [0, 0.1) is 34.0 Å². The third-order valence-electron chi connectivity index (χ3n) is 9.65. The van der Waals surface area contributed by atoms with Gasteiger partial charge in [0.15, 0.2) is 0 Å². The third kappa shape index (κ3) is 4.24. The summed E-state index contributed by atoms with van der Waals surface area (Å²) in [6, 6.07) is 57.6. The van der Waals surface area contributed by atoms with E-state index in [4.69, 9.17) is 0 Å². The van der Waals surface area contributed by atoms with E-state index in [2.05, 4.69) is 81.9 Å². The van der Waals surface area contributed by atoms with Crippen LogP contribution < -0.4 is 0 Å². The molecule has 5 heteroatoms. The van der Waals surface area contributed by atoms with Crippen LogP contribution in [0.5, 0.6) is 0 Å². The van der Waals surface area contributed by atoms with Gasteiger partial charge in [-0.15, -0.1) is 0 Å². The molecular weight excluding hydrogens is 611 g/mol. The van der Waals surface area contributed by atoms with E-state index in [0.29, 0.717) is 16.7 Å². The van der Waals surface area contributed by atoms with Crippen LogP contribution in [0.15, 0.2) is 152 Å². The maximum absolute atomic E-state index is 10.5. The highest BCUT2D eigenvalue weighted by atomic mass is 15.0. The molecule has 0 amide bonds. The van der Waals surface area contributed by atoms with Crippen LogP contribution in [0.2, 0.25) is 0 Å². The van der Waals surface area contributed by atoms with Gasteiger partial charge in [-0.3, -0.25) is 0 Å². The number of rotatable bonds is 4. The molecule has 230 valence electrons. The molecule has 50 heavy (non-hydrogen) atoms. The summed E-state index contributed by atoms with van der Waals surface area (Å²) < 4.78 is 4.44. The fraction of sp³-hybridized carbons (Fsp3) is 0. The van der Waals surface area contributed by atoms with Gasteiger partial charge in [0, 0.05) is 38.4 Å². The number of hydrogen-bond acceptors (Lipinski definition) is 3. The Morgan fingerprint density at radius 3 is 1.56 bits per heavy atom. The number of nitrogens with zero attached hydrogens (tertiary/aromatic N) is 5. The van der Waals surface area contributed by atoms with E-state index in [1.165, 1.54) is 0 Å². The highest BCUT2D eigenvalue weighted by Gasteiger charge is 2.22. The first kappa shape index (κ1) is 28.8. The molecule has 0 saturated carbocycles. The fourth-order valence-electron chi connectivity index (χ4n) is 7.55. The molecule has 0 radical (unpaired) electrons. The minimum Gasteiger partial charge on any atom is -0.309 e. The highest BCUT2D eigenvalue weighted by Crippen LogP contribution is 2.43. The highest BCUT2D eigenvalue weighted by molar-refractivity contribution is 6.11. The largest absolute Gasteiger partial charge is 0.309 e. The van der Waals surface area contributed by atoms with Gasteiger partial charge >= 0.3 is 0 Å². The predicted octanol–water partition coefficient (Wildman–Crippen LogP) is 10.8. The molecule has 0 spiro atoms. The summed E-state index contributed by atoms with van der Waals surface area (Å²) in [5, 5.41) is 34.9. The minimum atomic E-state index is 0.525. The Kier molecular flexibility index (Phi) is 6.56. The molecule has 0 aliphatic heterocycles. The number of fused-ring (bicyclic) bond motifs is 6. The smallest absolute Gasteiger partial charge is 0.0998 e. The van der Waals surface area contributed by atoms with E-state index in [9.17, 15) is 15.8 Å². The van der Waals surface area contributed by atoms with Gasteiger partial charge in [-0.2, -0.15) is 15.8 Å². The van der Waals surface area contributed by atoms with E-state index in [1.54, 1.807) is 0 Å². The van der Waals surface area contributed by atoms with E-state index in [1.807, 2.05) is 97.1 Å². The van der Waals surface area contributed by atoms with Crippen molar-refractivity contribution in [1.29, 1.82) is 15.8 Å². The second kappa shape index (κ2) is 11.4. The lowest BCUT2D eigenvalue weighted by Gasteiger charge is -2.19. The van der Waals surface area contributed by atoms with E-state index in [0.717, 1.165) is 77.2 Å². The predicted molar refractivity (Wildman–Crippen MR) is 200 cm³/mol. The summed E-state index contributed by atoms with van der Waals surface area (Å²) in [5.74, 6) is 0. The molecule has 9 rings (SSSR count). The molecule has 0 aliphatic rings. The molecule has 0 fully saturated rings. The Labute approximate surface area is 287 Å². The van der Waals surface area contributed by atoms with Gasteiger partial charge in [-0.1, -0.05) is 84.9 Å². The zero-order chi connectivity index (χ0) is 33.8. The Bertz CT molecular complexity index is 2900. The molecule has 2 heterocycles. The van der Waals surface area contributed by atoms with Crippen LogP contribution in [-0.4, -0.2) is 9.13 Å². The molecular formula is C45H25N5. The van der Waals surface area contributed by atoms with Crippen molar-refractivity contribution >= 4 is 43.6 Å². The van der Waals surface area contributed by atoms with Crippen molar-refractivity contribution in [2.45, 2.75) is 0 Å². The number of benzene rings is 7. The summed E-state index contributed by atoms with van der Waals surface area (Å²) in [7, 11) is 0. The Balaban J connectivity index is 1.27. The van der Waals surface area contributed by atoms with Crippen molar-refractivity contribution < 1.29 is 0 Å². The van der Waals surface area contributed by atoms with Crippen molar-refractivity contribution in [3.63, 3.8) is 0 Å². The number of nitriles is 3. The topological polar surface area (TPSA) is 81.2 Å². The molecule has 0 N–H and O–H groups in total. The molecule has 0 bridgehead atoms. The second-order valence-corrected chi connectivity index (χ2v) is 12.3. The Morgan fingerprint density at radius 1 is 0.400 bits per heavy atom. The fourth-order valence-corrected chi connectivity index (χ4v) is 7.55. The summed E-state index contributed by atoms with van der Waals surface area (Å²) in [5.41, 5.74) is 10.9. The lowest BCUT2D eigenvalue weighted by molar-refractivity contribution is 1.18. The monoisotopic (exact) mass is 635 g/mol. The van der Waals surface area contributed by atoms with Gasteiger partial charge in [-0.05, 0) is 77.9 Å². The number of aromatic nitrogens is 2. The van der Waals surface area contributed by atoms with E-state index < -0.39 is 0 Å². The summed E-state index contributed by atoms with van der Waals surface area (Å²) in [6.45, 7) is 0. The average molecular weight is 636 g/mol. The maximum atomic E-state index is 10.5. The Hall–Kier alpha value is -7.39. The molecule has 7 aromatic carbocycles. The van der Waals surface area contributed by atoms with Crippen LogP contribution in [0.3, 0.4) is 0 Å². The molecule has 2 aromatic heterocycles. The normalized spacial score (nSPS) is 11.1. The Morgan fingerprint density at radius 2 is 0.940 bits per heavy atom. The van der Waals surface area contributed by atoms with Crippen molar-refractivity contribution in [2.75, 3.05) is 0 Å². The lowest BCUT2D eigenvalue weighted by Crippen LogP contribution is -2.01. The van der Waals surface area contributed by atoms with Crippen molar-refractivity contribution in [3.8, 4) is 51.8 Å². The zero-order valence-electron chi connectivity index (χ0n) is 26.7. The van der Waals surface area contributed by atoms with E-state index >= 15 is 0 Å². The molecule has 0 saturated heterocycles. The number of hydrogen-bond donors (Lipinski definition) is 0. The standard InChI is InChI=1S/C45H25N5/c46-26-29-19-24-42-38(25-29)36-13-3-4-15-39(36)49(42)33-22-20-30(21-23-33)44-31(27-47)9-7-14-37(44)45-32(28-48)10-8-18-43(45)50-40-16-5-1-11-34(40)35-12-2-6-17-41(35)50/h1-25H. The average Bonchev–Trinajstić information content (AvgIpc) is 3.70. The van der Waals surface area contributed by atoms with Gasteiger partial charge in [0.05, 0.1) is 62.7 Å². The quantitative estimate of drug-likeness (QED) is 0.193. The maximum Gasteiger partial charge on any atom is 0.0998 e. The minimum absolute atomic E-state index is 0.525. The summed E-state index contributed by atoms with van der Waals surface area (Å²) in [6.07, 6.45) is 0. The molecule has 9 aromatic rings. The van der Waals surface area contributed by atoms with Crippen LogP contribution >= 0.6 is 0 Å². The zero-order valence-corrected chi connectivity index (χ0v) is 26.7. The van der Waals surface area contributed by atoms with Crippen LogP contribution in [0.1, 0.15) is 16.7 Å². The van der Waals surface area contributed by atoms with Crippen LogP contribution in [-0.2, 0) is 0 Å². The molecule has 0 atom stereocenters. The second-order valence-electron chi connectivity index (χ2n) is 12.3. The molecule has 0 aliphatic carbocycles.